The maximum Gasteiger partial charge on any atom is 0.227 e. The number of ether oxygens (including phenoxy) is 3. The number of likely N-dealkylation sites (tertiary alicyclic amines) is 2. The van der Waals surface area contributed by atoms with Crippen molar-refractivity contribution in [3.05, 3.63) is 17.7 Å². The topological polar surface area (TPSA) is 51.2 Å². The van der Waals surface area contributed by atoms with E-state index in [4.69, 9.17) is 14.2 Å². The molecule has 0 unspecified atom stereocenters. The maximum atomic E-state index is 12.7. The number of fused-ring (bicyclic) bond motifs is 1. The summed E-state index contributed by atoms with van der Waals surface area (Å²) in [6.45, 7) is 2.85. The molecule has 2 fully saturated rings. The van der Waals surface area contributed by atoms with Gasteiger partial charge in [-0.2, -0.15) is 0 Å². The van der Waals surface area contributed by atoms with Crippen molar-refractivity contribution >= 4 is 5.91 Å². The SMILES string of the molecule is COc1cc(CC(=O)N2C[C@H]3CCN(C)[C@H]3C2)cc(OC)c1OC. The van der Waals surface area contributed by atoms with Crippen molar-refractivity contribution in [2.24, 2.45) is 5.92 Å². The number of hydrogen-bond acceptors (Lipinski definition) is 5. The highest BCUT2D eigenvalue weighted by atomic mass is 16.5. The van der Waals surface area contributed by atoms with Crippen LogP contribution in [0.3, 0.4) is 0 Å². The molecule has 6 heteroatoms. The van der Waals surface area contributed by atoms with Crippen molar-refractivity contribution < 1.29 is 19.0 Å². The average molecular weight is 334 g/mol. The number of likely N-dealkylation sites (N-methyl/N-ethyl adjacent to an activating group) is 1. The van der Waals surface area contributed by atoms with Gasteiger partial charge in [-0.15, -0.1) is 0 Å². The highest BCUT2D eigenvalue weighted by Crippen LogP contribution is 2.38. The number of methoxy groups -OCH3 is 3. The first-order chi connectivity index (χ1) is 11.6. The highest BCUT2D eigenvalue weighted by Gasteiger charge is 2.41. The molecule has 1 aromatic carbocycles. The normalized spacial score (nSPS) is 23.2. The van der Waals surface area contributed by atoms with E-state index in [9.17, 15) is 4.79 Å². The molecule has 1 amide bonds. The lowest BCUT2D eigenvalue weighted by molar-refractivity contribution is -0.129. The Bertz CT molecular complexity index is 594. The van der Waals surface area contributed by atoms with E-state index in [0.717, 1.165) is 25.2 Å². The number of nitrogens with zero attached hydrogens (tertiary/aromatic N) is 2. The number of amides is 1. The van der Waals surface area contributed by atoms with E-state index in [1.54, 1.807) is 21.3 Å². The monoisotopic (exact) mass is 334 g/mol. The summed E-state index contributed by atoms with van der Waals surface area (Å²) in [5.41, 5.74) is 0.875. The zero-order valence-corrected chi connectivity index (χ0v) is 14.9. The molecule has 2 saturated heterocycles. The lowest BCUT2D eigenvalue weighted by atomic mass is 10.1. The van der Waals surface area contributed by atoms with Gasteiger partial charge in [0, 0.05) is 19.1 Å². The van der Waals surface area contributed by atoms with E-state index >= 15 is 0 Å². The van der Waals surface area contributed by atoms with Gasteiger partial charge in [-0.05, 0) is 43.6 Å². The smallest absolute Gasteiger partial charge is 0.227 e. The molecule has 2 heterocycles. The third-order valence-electron chi connectivity index (χ3n) is 5.26. The van der Waals surface area contributed by atoms with Crippen LogP contribution in [-0.4, -0.2) is 69.8 Å². The van der Waals surface area contributed by atoms with E-state index in [1.807, 2.05) is 17.0 Å². The summed E-state index contributed by atoms with van der Waals surface area (Å²) in [5, 5.41) is 0. The molecule has 0 bridgehead atoms. The quantitative estimate of drug-likeness (QED) is 0.815. The largest absolute Gasteiger partial charge is 0.493 e. The van der Waals surface area contributed by atoms with Gasteiger partial charge in [0.1, 0.15) is 0 Å². The summed E-state index contributed by atoms with van der Waals surface area (Å²) in [6.07, 6.45) is 1.54. The average Bonchev–Trinajstić information content (AvgIpc) is 3.16. The third kappa shape index (κ3) is 3.02. The summed E-state index contributed by atoms with van der Waals surface area (Å²) in [4.78, 5) is 17.1. The fourth-order valence-corrected chi connectivity index (χ4v) is 3.90. The fraction of sp³-hybridized carbons (Fsp3) is 0.611. The minimum Gasteiger partial charge on any atom is -0.493 e. The van der Waals surface area contributed by atoms with Crippen molar-refractivity contribution in [3.8, 4) is 17.2 Å². The molecule has 0 aromatic heterocycles. The molecule has 2 aliphatic rings. The second-order valence-corrected chi connectivity index (χ2v) is 6.61. The van der Waals surface area contributed by atoms with E-state index < -0.39 is 0 Å². The first-order valence-corrected chi connectivity index (χ1v) is 8.34. The van der Waals surface area contributed by atoms with Crippen LogP contribution in [0.1, 0.15) is 12.0 Å². The summed E-state index contributed by atoms with van der Waals surface area (Å²) >= 11 is 0. The van der Waals surface area contributed by atoms with E-state index in [-0.39, 0.29) is 5.91 Å². The lowest BCUT2D eigenvalue weighted by Crippen LogP contribution is -2.35. The zero-order chi connectivity index (χ0) is 17.3. The Morgan fingerprint density at radius 2 is 1.79 bits per heavy atom. The minimum absolute atomic E-state index is 0.159. The number of benzene rings is 1. The highest BCUT2D eigenvalue weighted by molar-refractivity contribution is 5.79. The molecule has 24 heavy (non-hydrogen) atoms. The summed E-state index contributed by atoms with van der Waals surface area (Å²) in [5.74, 6) is 2.50. The minimum atomic E-state index is 0.159. The van der Waals surface area contributed by atoms with Crippen molar-refractivity contribution in [2.45, 2.75) is 18.9 Å². The molecular formula is C18H26N2O4. The molecular weight excluding hydrogens is 308 g/mol. The lowest BCUT2D eigenvalue weighted by Gasteiger charge is -2.21. The van der Waals surface area contributed by atoms with Gasteiger partial charge in [0.15, 0.2) is 11.5 Å². The van der Waals surface area contributed by atoms with E-state index in [2.05, 4.69) is 11.9 Å². The number of carbonyl (C=O) groups is 1. The Hall–Kier alpha value is -1.95. The number of rotatable bonds is 5. The Balaban J connectivity index is 1.73. The molecule has 132 valence electrons. The van der Waals surface area contributed by atoms with Gasteiger partial charge in [-0.1, -0.05) is 0 Å². The first kappa shape index (κ1) is 16.9. The maximum absolute atomic E-state index is 12.7. The van der Waals surface area contributed by atoms with Crippen LogP contribution in [0.2, 0.25) is 0 Å². The van der Waals surface area contributed by atoms with Crippen molar-refractivity contribution in [2.75, 3.05) is 48.0 Å². The molecule has 2 atom stereocenters. The molecule has 1 aromatic rings. The Labute approximate surface area is 143 Å². The standard InChI is InChI=1S/C18H26N2O4/c1-19-6-5-13-10-20(11-14(13)19)17(21)9-12-7-15(22-2)18(24-4)16(8-12)23-3/h7-8,13-14H,5-6,9-11H2,1-4H3/t13-,14+/m1/s1. The van der Waals surface area contributed by atoms with Crippen LogP contribution < -0.4 is 14.2 Å². The van der Waals surface area contributed by atoms with Crippen LogP contribution in [0, 0.1) is 5.92 Å². The van der Waals surface area contributed by atoms with Crippen molar-refractivity contribution in [1.29, 1.82) is 0 Å². The zero-order valence-electron chi connectivity index (χ0n) is 14.9. The summed E-state index contributed by atoms with van der Waals surface area (Å²) in [7, 11) is 6.89. The molecule has 0 N–H and O–H groups in total. The van der Waals surface area contributed by atoms with Crippen LogP contribution in [0.25, 0.3) is 0 Å². The molecule has 6 nitrogen and oxygen atoms in total. The molecule has 0 aliphatic carbocycles. The second-order valence-electron chi connectivity index (χ2n) is 6.61. The van der Waals surface area contributed by atoms with Gasteiger partial charge in [-0.25, -0.2) is 0 Å². The summed E-state index contributed by atoms with van der Waals surface area (Å²) < 4.78 is 16.1. The molecule has 2 aliphatic heterocycles. The Morgan fingerprint density at radius 1 is 1.12 bits per heavy atom. The summed E-state index contributed by atoms with van der Waals surface area (Å²) in [6, 6.07) is 4.22. The van der Waals surface area contributed by atoms with Crippen LogP contribution >= 0.6 is 0 Å². The van der Waals surface area contributed by atoms with Crippen LogP contribution in [0.4, 0.5) is 0 Å². The second kappa shape index (κ2) is 6.89. The van der Waals surface area contributed by atoms with Gasteiger partial charge in [0.25, 0.3) is 0 Å². The van der Waals surface area contributed by atoms with Gasteiger partial charge in [-0.3, -0.25) is 4.79 Å². The van der Waals surface area contributed by atoms with Crippen molar-refractivity contribution in [1.82, 2.24) is 9.80 Å². The van der Waals surface area contributed by atoms with Crippen LogP contribution in [-0.2, 0) is 11.2 Å². The molecule has 0 radical (unpaired) electrons. The van der Waals surface area contributed by atoms with Gasteiger partial charge in [0.2, 0.25) is 11.7 Å². The Morgan fingerprint density at radius 3 is 2.33 bits per heavy atom. The van der Waals surface area contributed by atoms with Gasteiger partial charge < -0.3 is 24.0 Å². The molecule has 0 saturated carbocycles. The van der Waals surface area contributed by atoms with Gasteiger partial charge in [0.05, 0.1) is 27.8 Å². The van der Waals surface area contributed by atoms with E-state index in [1.165, 1.54) is 6.42 Å². The first-order valence-electron chi connectivity index (χ1n) is 8.34. The predicted molar refractivity (Wildman–Crippen MR) is 90.9 cm³/mol. The van der Waals surface area contributed by atoms with Crippen LogP contribution in [0.5, 0.6) is 17.2 Å². The fourth-order valence-electron chi connectivity index (χ4n) is 3.90. The molecule has 0 spiro atoms. The van der Waals surface area contributed by atoms with Crippen molar-refractivity contribution in [3.63, 3.8) is 0 Å². The molecule has 3 rings (SSSR count). The van der Waals surface area contributed by atoms with Gasteiger partial charge >= 0.3 is 0 Å². The number of hydrogen-bond donors (Lipinski definition) is 0. The van der Waals surface area contributed by atoms with Crippen LogP contribution in [0.15, 0.2) is 12.1 Å². The van der Waals surface area contributed by atoms with E-state index in [0.29, 0.717) is 35.6 Å². The third-order valence-corrected chi connectivity index (χ3v) is 5.26. The number of carbonyl (C=O) groups excluding carboxylic acids is 1. The Kier molecular flexibility index (Phi) is 4.85. The predicted octanol–water partition coefficient (Wildman–Crippen LogP) is 1.42.